The number of hydrogen-bond acceptors (Lipinski definition) is 2. The summed E-state index contributed by atoms with van der Waals surface area (Å²) >= 11 is 3.62. The zero-order valence-corrected chi connectivity index (χ0v) is 12.5. The molecule has 0 atom stereocenters. The van der Waals surface area contributed by atoms with Crippen molar-refractivity contribution in [3.05, 3.63) is 28.2 Å². The first-order chi connectivity index (χ1) is 8.19. The Bertz CT molecular complexity index is 339. The maximum absolute atomic E-state index is 5.58. The van der Waals surface area contributed by atoms with E-state index in [4.69, 9.17) is 5.73 Å². The predicted octanol–water partition coefficient (Wildman–Crippen LogP) is 3.58. The third-order valence-corrected chi connectivity index (χ3v) is 3.73. The summed E-state index contributed by atoms with van der Waals surface area (Å²) in [6, 6.07) is 6.54. The van der Waals surface area contributed by atoms with Gasteiger partial charge in [0.05, 0.1) is 0 Å². The Morgan fingerprint density at radius 2 is 2.06 bits per heavy atom. The third kappa shape index (κ3) is 4.68. The highest BCUT2D eigenvalue weighted by Gasteiger charge is 2.04. The summed E-state index contributed by atoms with van der Waals surface area (Å²) in [5.74, 6) is 0. The molecule has 2 N–H and O–H groups in total. The molecular formula is C14H23BrN2. The first-order valence-electron chi connectivity index (χ1n) is 6.38. The molecule has 0 aliphatic heterocycles. The van der Waals surface area contributed by atoms with Crippen molar-refractivity contribution < 1.29 is 0 Å². The quantitative estimate of drug-likeness (QED) is 0.780. The van der Waals surface area contributed by atoms with Crippen LogP contribution in [0.4, 0.5) is 5.69 Å². The van der Waals surface area contributed by atoms with Crippen LogP contribution in [0.1, 0.15) is 31.7 Å². The molecule has 0 amide bonds. The van der Waals surface area contributed by atoms with Crippen LogP contribution in [0.3, 0.4) is 0 Å². The topological polar surface area (TPSA) is 29.3 Å². The molecular weight excluding hydrogens is 276 g/mol. The number of nitrogens with zero attached hydrogens (tertiary/aromatic N) is 1. The molecule has 0 bridgehead atoms. The molecule has 0 unspecified atom stereocenters. The molecule has 1 aromatic rings. The van der Waals surface area contributed by atoms with Gasteiger partial charge >= 0.3 is 0 Å². The molecule has 0 spiro atoms. The second-order valence-electron chi connectivity index (χ2n) is 4.44. The summed E-state index contributed by atoms with van der Waals surface area (Å²) in [5.41, 5.74) is 8.14. The van der Waals surface area contributed by atoms with Gasteiger partial charge in [-0.1, -0.05) is 41.8 Å². The molecule has 0 aliphatic rings. The molecule has 0 heterocycles. The molecule has 0 saturated heterocycles. The van der Waals surface area contributed by atoms with Gasteiger partial charge in [-0.25, -0.2) is 0 Å². The lowest BCUT2D eigenvalue weighted by Crippen LogP contribution is -2.18. The van der Waals surface area contributed by atoms with E-state index < -0.39 is 0 Å². The van der Waals surface area contributed by atoms with Crippen LogP contribution < -0.4 is 10.6 Å². The Morgan fingerprint density at radius 1 is 1.29 bits per heavy atom. The highest BCUT2D eigenvalue weighted by molar-refractivity contribution is 9.10. The average molecular weight is 299 g/mol. The van der Waals surface area contributed by atoms with E-state index >= 15 is 0 Å². The average Bonchev–Trinajstić information content (AvgIpc) is 2.32. The first kappa shape index (κ1) is 14.5. The van der Waals surface area contributed by atoms with Crippen LogP contribution in [0.15, 0.2) is 22.7 Å². The van der Waals surface area contributed by atoms with Crippen molar-refractivity contribution in [2.75, 3.05) is 25.0 Å². The number of halogens is 1. The fourth-order valence-corrected chi connectivity index (χ4v) is 2.42. The van der Waals surface area contributed by atoms with Crippen LogP contribution in [0.2, 0.25) is 0 Å². The van der Waals surface area contributed by atoms with Gasteiger partial charge in [0.15, 0.2) is 0 Å². The highest BCUT2D eigenvalue weighted by Crippen LogP contribution is 2.24. The molecule has 1 aromatic carbocycles. The predicted molar refractivity (Wildman–Crippen MR) is 79.7 cm³/mol. The molecule has 0 saturated carbocycles. The summed E-state index contributed by atoms with van der Waals surface area (Å²) in [4.78, 5) is 2.31. The lowest BCUT2D eigenvalue weighted by atomic mass is 10.1. The maximum atomic E-state index is 5.58. The number of unbranched alkanes of at least 4 members (excludes halogenated alkanes) is 2. The minimum absolute atomic E-state index is 0.699. The summed E-state index contributed by atoms with van der Waals surface area (Å²) in [6.07, 6.45) is 4.76. The Balaban J connectivity index is 2.62. The fraction of sp³-hybridized carbons (Fsp3) is 0.571. The molecule has 17 heavy (non-hydrogen) atoms. The van der Waals surface area contributed by atoms with Crippen molar-refractivity contribution in [3.8, 4) is 0 Å². The summed E-state index contributed by atoms with van der Waals surface area (Å²) < 4.78 is 1.17. The van der Waals surface area contributed by atoms with Crippen molar-refractivity contribution in [1.82, 2.24) is 0 Å². The van der Waals surface area contributed by atoms with Crippen molar-refractivity contribution in [1.29, 1.82) is 0 Å². The van der Waals surface area contributed by atoms with E-state index in [1.165, 1.54) is 35.0 Å². The Morgan fingerprint density at radius 3 is 2.65 bits per heavy atom. The second kappa shape index (κ2) is 7.72. The van der Waals surface area contributed by atoms with Gasteiger partial charge in [-0.15, -0.1) is 0 Å². The van der Waals surface area contributed by atoms with Crippen LogP contribution in [-0.2, 0) is 6.42 Å². The molecule has 0 radical (unpaired) electrons. The van der Waals surface area contributed by atoms with Crippen LogP contribution in [0.5, 0.6) is 0 Å². The van der Waals surface area contributed by atoms with Crippen LogP contribution >= 0.6 is 15.9 Å². The minimum Gasteiger partial charge on any atom is -0.375 e. The summed E-state index contributed by atoms with van der Waals surface area (Å²) in [7, 11) is 2.15. The SMILES string of the molecule is CCCCCN(C)c1ccc(CCN)c(Br)c1. The van der Waals surface area contributed by atoms with E-state index in [0.29, 0.717) is 6.54 Å². The van der Waals surface area contributed by atoms with Gasteiger partial charge in [0.25, 0.3) is 0 Å². The van der Waals surface area contributed by atoms with Crippen molar-refractivity contribution >= 4 is 21.6 Å². The lowest BCUT2D eigenvalue weighted by molar-refractivity contribution is 0.705. The van der Waals surface area contributed by atoms with Crippen LogP contribution in [0, 0.1) is 0 Å². The van der Waals surface area contributed by atoms with Gasteiger partial charge in [-0.3, -0.25) is 0 Å². The molecule has 96 valence electrons. The molecule has 0 fully saturated rings. The van der Waals surface area contributed by atoms with E-state index in [0.717, 1.165) is 13.0 Å². The van der Waals surface area contributed by atoms with E-state index in [-0.39, 0.29) is 0 Å². The first-order valence-corrected chi connectivity index (χ1v) is 7.18. The largest absolute Gasteiger partial charge is 0.375 e. The number of anilines is 1. The Kier molecular flexibility index (Phi) is 6.60. The van der Waals surface area contributed by atoms with Crippen molar-refractivity contribution in [2.45, 2.75) is 32.6 Å². The van der Waals surface area contributed by atoms with E-state index in [1.54, 1.807) is 0 Å². The summed E-state index contributed by atoms with van der Waals surface area (Å²) in [6.45, 7) is 4.05. The van der Waals surface area contributed by atoms with E-state index in [9.17, 15) is 0 Å². The molecule has 0 aromatic heterocycles. The second-order valence-corrected chi connectivity index (χ2v) is 5.30. The zero-order valence-electron chi connectivity index (χ0n) is 10.9. The number of benzene rings is 1. The van der Waals surface area contributed by atoms with Crippen molar-refractivity contribution in [2.24, 2.45) is 5.73 Å². The Hall–Kier alpha value is -0.540. The maximum Gasteiger partial charge on any atom is 0.0375 e. The van der Waals surface area contributed by atoms with Gasteiger partial charge in [0, 0.05) is 23.8 Å². The summed E-state index contributed by atoms with van der Waals surface area (Å²) in [5, 5.41) is 0. The minimum atomic E-state index is 0.699. The fourth-order valence-electron chi connectivity index (χ4n) is 1.86. The van der Waals surface area contributed by atoms with Crippen LogP contribution in [0.25, 0.3) is 0 Å². The number of nitrogens with two attached hydrogens (primary N) is 1. The van der Waals surface area contributed by atoms with E-state index in [2.05, 4.69) is 53.0 Å². The van der Waals surface area contributed by atoms with E-state index in [1.807, 2.05) is 0 Å². The number of hydrogen-bond donors (Lipinski definition) is 1. The molecule has 2 nitrogen and oxygen atoms in total. The molecule has 0 aliphatic carbocycles. The van der Waals surface area contributed by atoms with Gasteiger partial charge in [0.1, 0.15) is 0 Å². The Labute approximate surface area is 113 Å². The van der Waals surface area contributed by atoms with Gasteiger partial charge in [0.2, 0.25) is 0 Å². The van der Waals surface area contributed by atoms with Gasteiger partial charge in [-0.2, -0.15) is 0 Å². The molecule has 1 rings (SSSR count). The van der Waals surface area contributed by atoms with Gasteiger partial charge in [-0.05, 0) is 37.1 Å². The smallest absolute Gasteiger partial charge is 0.0375 e. The van der Waals surface area contributed by atoms with Gasteiger partial charge < -0.3 is 10.6 Å². The highest BCUT2D eigenvalue weighted by atomic mass is 79.9. The zero-order chi connectivity index (χ0) is 12.7. The standard InChI is InChI=1S/C14H23BrN2/c1-3-4-5-10-17(2)13-7-6-12(8-9-16)14(15)11-13/h6-7,11H,3-5,8-10,16H2,1-2H3. The third-order valence-electron chi connectivity index (χ3n) is 2.99. The van der Waals surface area contributed by atoms with Crippen molar-refractivity contribution in [3.63, 3.8) is 0 Å². The lowest BCUT2D eigenvalue weighted by Gasteiger charge is -2.20. The monoisotopic (exact) mass is 298 g/mol. The normalized spacial score (nSPS) is 10.6. The molecule has 3 heteroatoms. The van der Waals surface area contributed by atoms with Crippen LogP contribution in [-0.4, -0.2) is 20.1 Å². The number of rotatable bonds is 7.